The van der Waals surface area contributed by atoms with Crippen LogP contribution in [0, 0.1) is 0 Å². The van der Waals surface area contributed by atoms with E-state index in [2.05, 4.69) is 15.4 Å². The Morgan fingerprint density at radius 3 is 2.59 bits per heavy atom. The highest BCUT2D eigenvalue weighted by molar-refractivity contribution is 5.77. The summed E-state index contributed by atoms with van der Waals surface area (Å²) < 4.78 is 0. The van der Waals surface area contributed by atoms with E-state index in [1.807, 2.05) is 30.3 Å². The van der Waals surface area contributed by atoms with Crippen LogP contribution in [0.1, 0.15) is 6.92 Å². The summed E-state index contributed by atoms with van der Waals surface area (Å²) in [6.07, 6.45) is 3.06. The minimum absolute atomic E-state index is 0.160. The average Bonchev–Trinajstić information content (AvgIpc) is 2.38. The Morgan fingerprint density at radius 2 is 2.00 bits per heavy atom. The summed E-state index contributed by atoms with van der Waals surface area (Å²) in [6, 6.07) is 11.2. The third-order valence-corrected chi connectivity index (χ3v) is 2.08. The molecule has 1 amide bonds. The fourth-order valence-electron chi connectivity index (χ4n) is 1.40. The molecule has 2 aromatic rings. The maximum absolute atomic E-state index is 11.2. The van der Waals surface area contributed by atoms with E-state index in [-0.39, 0.29) is 5.91 Å². The third-order valence-electron chi connectivity index (χ3n) is 2.08. The topological polar surface area (TPSA) is 58.1 Å². The van der Waals surface area contributed by atoms with Crippen molar-refractivity contribution in [1.82, 2.24) is 15.4 Å². The number of nitrogens with one attached hydrogen (secondary N) is 1. The van der Waals surface area contributed by atoms with Gasteiger partial charge in [0.2, 0.25) is 5.91 Å². The van der Waals surface area contributed by atoms with E-state index < -0.39 is 0 Å². The molecule has 1 aromatic carbocycles. The lowest BCUT2D eigenvalue weighted by atomic mass is 10.3. The molecule has 0 radical (unpaired) electrons. The first-order chi connectivity index (χ1) is 8.27. The fourth-order valence-corrected chi connectivity index (χ4v) is 1.40. The Hall–Kier alpha value is -2.43. The standard InChI is InChI=1S/C12H12N4O/c1-10(17)15-16(11-5-3-2-4-6-11)12-7-8-13-9-14-12/h2-9H,1H3,(H,15,17). The van der Waals surface area contributed by atoms with Crippen LogP contribution in [0.25, 0.3) is 0 Å². The molecule has 1 heterocycles. The molecule has 0 bridgehead atoms. The summed E-state index contributed by atoms with van der Waals surface area (Å²) in [4.78, 5) is 19.2. The van der Waals surface area contributed by atoms with Crippen molar-refractivity contribution in [1.29, 1.82) is 0 Å². The molecule has 5 nitrogen and oxygen atoms in total. The van der Waals surface area contributed by atoms with Crippen molar-refractivity contribution in [2.75, 3.05) is 5.01 Å². The summed E-state index contributed by atoms with van der Waals surface area (Å²) in [7, 11) is 0. The van der Waals surface area contributed by atoms with Crippen LogP contribution in [0.4, 0.5) is 11.5 Å². The number of nitrogens with zero attached hydrogens (tertiary/aromatic N) is 3. The number of aromatic nitrogens is 2. The number of benzene rings is 1. The van der Waals surface area contributed by atoms with Gasteiger partial charge in [0.1, 0.15) is 6.33 Å². The summed E-state index contributed by atoms with van der Waals surface area (Å²) in [5.74, 6) is 0.453. The van der Waals surface area contributed by atoms with Crippen molar-refractivity contribution in [3.63, 3.8) is 0 Å². The zero-order chi connectivity index (χ0) is 12.1. The normalized spacial score (nSPS) is 9.71. The second-order valence-corrected chi connectivity index (χ2v) is 3.41. The quantitative estimate of drug-likeness (QED) is 0.812. The number of hydrogen-bond acceptors (Lipinski definition) is 4. The lowest BCUT2D eigenvalue weighted by molar-refractivity contribution is -0.118. The minimum Gasteiger partial charge on any atom is -0.274 e. The van der Waals surface area contributed by atoms with Crippen LogP contribution >= 0.6 is 0 Å². The van der Waals surface area contributed by atoms with E-state index in [0.29, 0.717) is 5.82 Å². The summed E-state index contributed by atoms with van der Waals surface area (Å²) in [5, 5.41) is 1.62. The van der Waals surface area contributed by atoms with Crippen molar-refractivity contribution < 1.29 is 4.79 Å². The van der Waals surface area contributed by atoms with Crippen LogP contribution in [0.5, 0.6) is 0 Å². The first kappa shape index (κ1) is 11.1. The Kier molecular flexibility index (Phi) is 3.30. The molecule has 5 heteroatoms. The molecule has 1 aromatic heterocycles. The molecule has 1 N–H and O–H groups in total. The first-order valence-corrected chi connectivity index (χ1v) is 5.16. The number of hydrogen-bond donors (Lipinski definition) is 1. The predicted molar refractivity (Wildman–Crippen MR) is 64.4 cm³/mol. The van der Waals surface area contributed by atoms with Crippen molar-refractivity contribution >= 4 is 17.4 Å². The number of amides is 1. The van der Waals surface area contributed by atoms with Gasteiger partial charge in [-0.25, -0.2) is 15.0 Å². The van der Waals surface area contributed by atoms with Crippen molar-refractivity contribution in [3.05, 3.63) is 48.9 Å². The van der Waals surface area contributed by atoms with Crippen LogP contribution < -0.4 is 10.4 Å². The SMILES string of the molecule is CC(=O)NN(c1ccccc1)c1ccncn1. The van der Waals surface area contributed by atoms with Gasteiger partial charge >= 0.3 is 0 Å². The van der Waals surface area contributed by atoms with Gasteiger partial charge in [0.25, 0.3) is 0 Å². The van der Waals surface area contributed by atoms with E-state index >= 15 is 0 Å². The van der Waals surface area contributed by atoms with Crippen molar-refractivity contribution in [2.45, 2.75) is 6.92 Å². The zero-order valence-corrected chi connectivity index (χ0v) is 9.37. The molecular formula is C12H12N4O. The maximum atomic E-state index is 11.2. The molecule has 0 saturated carbocycles. The minimum atomic E-state index is -0.160. The van der Waals surface area contributed by atoms with E-state index in [9.17, 15) is 4.79 Å². The molecule has 0 fully saturated rings. The summed E-state index contributed by atoms with van der Waals surface area (Å²) >= 11 is 0. The second kappa shape index (κ2) is 5.07. The molecule has 0 aliphatic carbocycles. The zero-order valence-electron chi connectivity index (χ0n) is 9.37. The Morgan fingerprint density at radius 1 is 1.24 bits per heavy atom. The number of hydrazine groups is 1. The van der Waals surface area contributed by atoms with Gasteiger partial charge in [-0.2, -0.15) is 0 Å². The Labute approximate surface area is 99.1 Å². The number of rotatable bonds is 3. The van der Waals surface area contributed by atoms with Gasteiger partial charge in [-0.3, -0.25) is 10.2 Å². The van der Waals surface area contributed by atoms with Crippen LogP contribution in [0.15, 0.2) is 48.9 Å². The molecule has 86 valence electrons. The molecule has 0 aliphatic heterocycles. The van der Waals surface area contributed by atoms with E-state index in [4.69, 9.17) is 0 Å². The van der Waals surface area contributed by atoms with Gasteiger partial charge in [0, 0.05) is 19.2 Å². The highest BCUT2D eigenvalue weighted by atomic mass is 16.2. The number of carbonyl (C=O) groups is 1. The lowest BCUT2D eigenvalue weighted by Crippen LogP contribution is -2.37. The van der Waals surface area contributed by atoms with Crippen LogP contribution in [-0.2, 0) is 4.79 Å². The van der Waals surface area contributed by atoms with E-state index in [0.717, 1.165) is 5.69 Å². The largest absolute Gasteiger partial charge is 0.274 e. The number of carbonyl (C=O) groups excluding carboxylic acids is 1. The van der Waals surface area contributed by atoms with Gasteiger partial charge in [0.05, 0.1) is 5.69 Å². The number of para-hydroxylation sites is 1. The Balaban J connectivity index is 2.36. The molecule has 2 rings (SSSR count). The van der Waals surface area contributed by atoms with Crippen molar-refractivity contribution in [2.24, 2.45) is 0 Å². The predicted octanol–water partition coefficient (Wildman–Crippen LogP) is 1.67. The third kappa shape index (κ3) is 2.78. The molecule has 0 spiro atoms. The van der Waals surface area contributed by atoms with Gasteiger partial charge in [-0.1, -0.05) is 18.2 Å². The molecule has 17 heavy (non-hydrogen) atoms. The highest BCUT2D eigenvalue weighted by Crippen LogP contribution is 2.19. The Bertz CT molecular complexity index is 447. The number of anilines is 2. The molecule has 0 aliphatic rings. The van der Waals surface area contributed by atoms with Gasteiger partial charge in [-0.05, 0) is 12.1 Å². The van der Waals surface area contributed by atoms with Gasteiger partial charge < -0.3 is 0 Å². The van der Waals surface area contributed by atoms with E-state index in [1.54, 1.807) is 17.3 Å². The fraction of sp³-hybridized carbons (Fsp3) is 0.0833. The first-order valence-electron chi connectivity index (χ1n) is 5.16. The molecule has 0 saturated heterocycles. The molecule has 0 atom stereocenters. The smallest absolute Gasteiger partial charge is 0.235 e. The summed E-state index contributed by atoms with van der Waals surface area (Å²) in [6.45, 7) is 1.46. The van der Waals surface area contributed by atoms with Crippen molar-refractivity contribution in [3.8, 4) is 0 Å². The van der Waals surface area contributed by atoms with E-state index in [1.165, 1.54) is 13.3 Å². The van der Waals surface area contributed by atoms with Crippen LogP contribution in [-0.4, -0.2) is 15.9 Å². The highest BCUT2D eigenvalue weighted by Gasteiger charge is 2.10. The van der Waals surface area contributed by atoms with Crippen LogP contribution in [0.2, 0.25) is 0 Å². The van der Waals surface area contributed by atoms with Gasteiger partial charge in [-0.15, -0.1) is 0 Å². The lowest BCUT2D eigenvalue weighted by Gasteiger charge is -2.23. The average molecular weight is 228 g/mol. The maximum Gasteiger partial charge on any atom is 0.235 e. The van der Waals surface area contributed by atoms with Crippen LogP contribution in [0.3, 0.4) is 0 Å². The monoisotopic (exact) mass is 228 g/mol. The molecular weight excluding hydrogens is 216 g/mol. The van der Waals surface area contributed by atoms with Gasteiger partial charge in [0.15, 0.2) is 5.82 Å². The second-order valence-electron chi connectivity index (χ2n) is 3.41. The molecule has 0 unspecified atom stereocenters. The summed E-state index contributed by atoms with van der Waals surface area (Å²) in [5.41, 5.74) is 3.55.